The van der Waals surface area contributed by atoms with Crippen molar-refractivity contribution < 1.29 is 9.53 Å². The summed E-state index contributed by atoms with van der Waals surface area (Å²) in [5, 5.41) is 8.54. The van der Waals surface area contributed by atoms with E-state index >= 15 is 0 Å². The van der Waals surface area contributed by atoms with Gasteiger partial charge in [-0.3, -0.25) is 4.79 Å². The van der Waals surface area contributed by atoms with E-state index in [1.54, 1.807) is 0 Å². The highest BCUT2D eigenvalue weighted by molar-refractivity contribution is 7.95. The average Bonchev–Trinajstić information content (AvgIpc) is 2.68. The summed E-state index contributed by atoms with van der Waals surface area (Å²) in [6, 6.07) is 0. The Balaban J connectivity index is 2.85. The van der Waals surface area contributed by atoms with Gasteiger partial charge in [-0.25, -0.2) is 0 Å². The molecular weight excluding hydrogens is 396 g/mol. The minimum atomic E-state index is -0.589. The van der Waals surface area contributed by atoms with Gasteiger partial charge < -0.3 is 20.8 Å². The molecule has 30 heavy (non-hydrogen) atoms. The van der Waals surface area contributed by atoms with Gasteiger partial charge in [0.15, 0.2) is 0 Å². The molecule has 0 aromatic rings. The Hall–Kier alpha value is -1.21. The van der Waals surface area contributed by atoms with Crippen LogP contribution in [0.4, 0.5) is 0 Å². The van der Waals surface area contributed by atoms with Gasteiger partial charge in [0.2, 0.25) is 5.76 Å². The molecule has 1 atom stereocenters. The predicted octanol–water partition coefficient (Wildman–Crippen LogP) is 3.83. The summed E-state index contributed by atoms with van der Waals surface area (Å²) in [4.78, 5) is 14.2. The molecule has 1 saturated carbocycles. The third-order valence-electron chi connectivity index (χ3n) is 6.05. The zero-order valence-corrected chi connectivity index (χ0v) is 21.0. The van der Waals surface area contributed by atoms with E-state index in [0.717, 1.165) is 38.0 Å². The number of primary amides is 1. The van der Waals surface area contributed by atoms with E-state index in [0.29, 0.717) is 35.4 Å². The highest BCUT2D eigenvalue weighted by Gasteiger charge is 2.32. The van der Waals surface area contributed by atoms with Crippen LogP contribution in [0.15, 0.2) is 11.5 Å². The van der Waals surface area contributed by atoms with Crippen LogP contribution in [0.25, 0.3) is 0 Å². The van der Waals surface area contributed by atoms with Crippen LogP contribution in [0.3, 0.4) is 0 Å². The second kappa shape index (κ2) is 12.6. The minimum Gasteiger partial charge on any atom is -0.483 e. The molecule has 1 aliphatic rings. The van der Waals surface area contributed by atoms with Gasteiger partial charge in [-0.15, -0.1) is 4.72 Å². The summed E-state index contributed by atoms with van der Waals surface area (Å²) in [6.45, 7) is 17.7. The zero-order chi connectivity index (χ0) is 22.9. The molecule has 174 valence electrons. The van der Waals surface area contributed by atoms with Gasteiger partial charge in [0, 0.05) is 19.3 Å². The summed E-state index contributed by atoms with van der Waals surface area (Å²) in [7, 11) is 0. The lowest BCUT2D eigenvalue weighted by molar-refractivity contribution is -0.119. The van der Waals surface area contributed by atoms with Crippen molar-refractivity contribution in [3.63, 3.8) is 0 Å². The molecule has 1 rings (SSSR count). The van der Waals surface area contributed by atoms with Crippen LogP contribution in [-0.4, -0.2) is 53.8 Å². The van der Waals surface area contributed by atoms with Crippen molar-refractivity contribution in [2.24, 2.45) is 17.1 Å². The van der Waals surface area contributed by atoms with Gasteiger partial charge >= 0.3 is 0 Å². The number of hydrogen-bond donors (Lipinski definition) is 3. The van der Waals surface area contributed by atoms with Crippen molar-refractivity contribution >= 4 is 23.2 Å². The van der Waals surface area contributed by atoms with Crippen LogP contribution in [0.1, 0.15) is 74.1 Å². The van der Waals surface area contributed by atoms with Crippen molar-refractivity contribution in [3.8, 4) is 0 Å². The summed E-state index contributed by atoms with van der Waals surface area (Å²) >= 11 is 0.175. The molecule has 0 saturated heterocycles. The molecule has 1 aliphatic carbocycles. The standard InChI is InChI=1S/C23H44N4O2S/c1-8-27(15-14-26-30(9-2)17(3)4)20(16-24)21(22(25)28)29-19-12-10-18(11-13-19)23(5,6)7/h16-19,24,26H,8-15H2,1-7H3,(H-,25,28)/p+1/b21-20-,24-16?. The second-order valence-corrected chi connectivity index (χ2v) is 12.1. The zero-order valence-electron chi connectivity index (χ0n) is 20.2. The smallest absolute Gasteiger partial charge is 0.286 e. The fourth-order valence-electron chi connectivity index (χ4n) is 4.12. The van der Waals surface area contributed by atoms with E-state index in [1.807, 2.05) is 11.8 Å². The number of amides is 1. The van der Waals surface area contributed by atoms with E-state index in [4.69, 9.17) is 15.9 Å². The normalized spacial score (nSPS) is 21.7. The molecule has 6 nitrogen and oxygen atoms in total. The first-order valence-electron chi connectivity index (χ1n) is 11.4. The summed E-state index contributed by atoms with van der Waals surface area (Å²) in [6.07, 6.45) is 5.24. The van der Waals surface area contributed by atoms with Crippen LogP contribution in [-0.2, 0) is 20.6 Å². The second-order valence-electron chi connectivity index (χ2n) is 9.42. The molecule has 1 unspecified atom stereocenters. The molecule has 0 bridgehead atoms. The number of ether oxygens (including phenoxy) is 1. The highest BCUT2D eigenvalue weighted by atomic mass is 32.2. The van der Waals surface area contributed by atoms with Crippen molar-refractivity contribution in [1.29, 1.82) is 5.41 Å². The van der Waals surface area contributed by atoms with Gasteiger partial charge in [-0.2, -0.15) is 0 Å². The molecule has 0 aliphatic heterocycles. The molecule has 1 fully saturated rings. The van der Waals surface area contributed by atoms with E-state index in [2.05, 4.69) is 46.3 Å². The van der Waals surface area contributed by atoms with Gasteiger partial charge in [0.05, 0.1) is 23.7 Å². The molecule has 4 N–H and O–H groups in total. The van der Waals surface area contributed by atoms with Crippen molar-refractivity contribution in [1.82, 2.24) is 9.62 Å². The Morgan fingerprint density at radius 3 is 2.27 bits per heavy atom. The Morgan fingerprint density at radius 2 is 1.87 bits per heavy atom. The average molecular weight is 442 g/mol. The number of carbonyl (C=O) groups is 1. The number of nitrogens with one attached hydrogen (secondary N) is 2. The summed E-state index contributed by atoms with van der Waals surface area (Å²) in [5.41, 5.74) is 6.48. The number of carbonyl (C=O) groups excluding carboxylic acids is 1. The van der Waals surface area contributed by atoms with Crippen LogP contribution in [0, 0.1) is 16.7 Å². The monoisotopic (exact) mass is 441 g/mol. The maximum absolute atomic E-state index is 12.2. The molecule has 1 amide bonds. The van der Waals surface area contributed by atoms with E-state index < -0.39 is 5.91 Å². The lowest BCUT2D eigenvalue weighted by Gasteiger charge is -2.37. The third kappa shape index (κ3) is 8.14. The van der Waals surface area contributed by atoms with Gasteiger partial charge in [-0.05, 0) is 64.7 Å². The molecule has 0 heterocycles. The SMILES string of the molecule is CCN(CCN[S+](CC)C(C)C)/C(C=N)=C(\OC1CCC(C(C)(C)C)CC1)C(N)=O. The van der Waals surface area contributed by atoms with Crippen LogP contribution < -0.4 is 10.5 Å². The number of likely N-dealkylation sites (N-methyl/N-ethyl adjacent to an activating group) is 1. The van der Waals surface area contributed by atoms with Crippen molar-refractivity contribution in [2.45, 2.75) is 85.5 Å². The van der Waals surface area contributed by atoms with Crippen LogP contribution in [0.2, 0.25) is 0 Å². The highest BCUT2D eigenvalue weighted by Crippen LogP contribution is 2.39. The van der Waals surface area contributed by atoms with Gasteiger partial charge in [0.1, 0.15) is 16.7 Å². The Kier molecular flexibility index (Phi) is 11.3. The number of hydrogen-bond acceptors (Lipinski definition) is 5. The molecule has 0 aromatic heterocycles. The van der Waals surface area contributed by atoms with E-state index in [-0.39, 0.29) is 22.9 Å². The lowest BCUT2D eigenvalue weighted by Crippen LogP contribution is -2.40. The minimum absolute atomic E-state index is 0.00947. The summed E-state index contributed by atoms with van der Waals surface area (Å²) < 4.78 is 9.74. The maximum atomic E-state index is 12.2. The van der Waals surface area contributed by atoms with Gasteiger partial charge in [-0.1, -0.05) is 20.8 Å². The fraction of sp³-hybridized carbons (Fsp3) is 0.826. The quantitative estimate of drug-likeness (QED) is 0.186. The predicted molar refractivity (Wildman–Crippen MR) is 130 cm³/mol. The van der Waals surface area contributed by atoms with Crippen molar-refractivity contribution in [3.05, 3.63) is 11.5 Å². The molecule has 0 aromatic carbocycles. The van der Waals surface area contributed by atoms with Crippen molar-refractivity contribution in [2.75, 3.05) is 25.4 Å². The fourth-order valence-corrected chi connectivity index (χ4v) is 5.68. The van der Waals surface area contributed by atoms with Crippen LogP contribution in [0.5, 0.6) is 0 Å². The largest absolute Gasteiger partial charge is 0.483 e. The molecule has 7 heteroatoms. The number of nitrogens with zero attached hydrogens (tertiary/aromatic N) is 1. The molecule has 0 radical (unpaired) electrons. The number of rotatable bonds is 12. The van der Waals surface area contributed by atoms with Crippen LogP contribution >= 0.6 is 0 Å². The van der Waals surface area contributed by atoms with Gasteiger partial charge in [0.25, 0.3) is 5.91 Å². The first-order chi connectivity index (χ1) is 14.0. The lowest BCUT2D eigenvalue weighted by atomic mass is 9.72. The topological polar surface area (TPSA) is 91.4 Å². The Morgan fingerprint density at radius 1 is 1.27 bits per heavy atom. The first kappa shape index (κ1) is 26.8. The number of allylic oxidation sites excluding steroid dienone is 1. The maximum Gasteiger partial charge on any atom is 0.286 e. The van der Waals surface area contributed by atoms with E-state index in [9.17, 15) is 4.79 Å². The Bertz CT molecular complexity index is 578. The van der Waals surface area contributed by atoms with E-state index in [1.165, 1.54) is 6.21 Å². The summed E-state index contributed by atoms with van der Waals surface area (Å²) in [5.74, 6) is 1.33. The Labute approximate surface area is 187 Å². The first-order valence-corrected chi connectivity index (χ1v) is 12.9. The molecule has 0 spiro atoms. The third-order valence-corrected chi connectivity index (χ3v) is 8.38. The molecular formula is C23H45N4O2S+. The number of nitrogens with two attached hydrogens (primary N) is 1.